The van der Waals surface area contributed by atoms with Crippen molar-refractivity contribution in [2.24, 2.45) is 5.73 Å². The second-order valence-electron chi connectivity index (χ2n) is 4.82. The number of nitrogens with two attached hydrogens (primary N) is 1. The zero-order valence-corrected chi connectivity index (χ0v) is 12.4. The molecule has 100 valence electrons. The van der Waals surface area contributed by atoms with Crippen molar-refractivity contribution in [2.75, 3.05) is 7.05 Å². The van der Waals surface area contributed by atoms with Crippen molar-refractivity contribution < 1.29 is 0 Å². The standard InChI is InChI=1S/C12H26N2.2ClH/c1-4-7-10(2)14(3)12-9-6-5-8-11(12)13;;/h10-12H,4-9,13H2,1-3H3;2*1H/t10?,11-,12-;;/m1../s1. The van der Waals surface area contributed by atoms with Crippen molar-refractivity contribution in [2.45, 2.75) is 70.5 Å². The van der Waals surface area contributed by atoms with E-state index in [1.807, 2.05) is 0 Å². The van der Waals surface area contributed by atoms with Crippen molar-refractivity contribution in [3.05, 3.63) is 0 Å². The minimum Gasteiger partial charge on any atom is -0.326 e. The van der Waals surface area contributed by atoms with E-state index in [0.717, 1.165) is 0 Å². The highest BCUT2D eigenvalue weighted by Crippen LogP contribution is 2.23. The Morgan fingerprint density at radius 1 is 1.25 bits per heavy atom. The first-order chi connectivity index (χ1) is 6.66. The summed E-state index contributed by atoms with van der Waals surface area (Å²) in [6, 6.07) is 1.73. The van der Waals surface area contributed by atoms with E-state index in [4.69, 9.17) is 5.73 Å². The van der Waals surface area contributed by atoms with Crippen LogP contribution in [0.15, 0.2) is 0 Å². The van der Waals surface area contributed by atoms with Gasteiger partial charge in [-0.25, -0.2) is 0 Å². The van der Waals surface area contributed by atoms with E-state index in [2.05, 4.69) is 25.8 Å². The number of hydrogen-bond acceptors (Lipinski definition) is 2. The molecular formula is C12H28Cl2N2. The van der Waals surface area contributed by atoms with Gasteiger partial charge in [-0.15, -0.1) is 24.8 Å². The molecule has 2 N–H and O–H groups in total. The highest BCUT2D eigenvalue weighted by Gasteiger charge is 2.27. The maximum atomic E-state index is 6.17. The average molecular weight is 271 g/mol. The molecule has 2 nitrogen and oxygen atoms in total. The van der Waals surface area contributed by atoms with E-state index in [0.29, 0.717) is 18.1 Å². The molecule has 0 heterocycles. The smallest absolute Gasteiger partial charge is 0.0246 e. The molecule has 0 aromatic rings. The highest BCUT2D eigenvalue weighted by molar-refractivity contribution is 5.85. The predicted octanol–water partition coefficient (Wildman–Crippen LogP) is 3.22. The Hall–Kier alpha value is 0.500. The summed E-state index contributed by atoms with van der Waals surface area (Å²) in [4.78, 5) is 2.51. The van der Waals surface area contributed by atoms with E-state index in [9.17, 15) is 0 Å². The van der Waals surface area contributed by atoms with Gasteiger partial charge in [-0.05, 0) is 33.2 Å². The van der Waals surface area contributed by atoms with Crippen LogP contribution < -0.4 is 5.73 Å². The van der Waals surface area contributed by atoms with E-state index >= 15 is 0 Å². The van der Waals surface area contributed by atoms with Crippen molar-refractivity contribution in [3.8, 4) is 0 Å². The van der Waals surface area contributed by atoms with Crippen LogP contribution in [0.3, 0.4) is 0 Å². The monoisotopic (exact) mass is 270 g/mol. The fourth-order valence-electron chi connectivity index (χ4n) is 2.59. The third kappa shape index (κ3) is 5.22. The van der Waals surface area contributed by atoms with Gasteiger partial charge in [0.05, 0.1) is 0 Å². The minimum atomic E-state index is 0. The predicted molar refractivity (Wildman–Crippen MR) is 76.9 cm³/mol. The van der Waals surface area contributed by atoms with E-state index in [1.165, 1.54) is 38.5 Å². The zero-order chi connectivity index (χ0) is 10.6. The molecule has 4 heteroatoms. The molecule has 1 fully saturated rings. The lowest BCUT2D eigenvalue weighted by molar-refractivity contribution is 0.123. The van der Waals surface area contributed by atoms with Crippen LogP contribution in [0, 0.1) is 0 Å². The van der Waals surface area contributed by atoms with Crippen molar-refractivity contribution >= 4 is 24.8 Å². The molecule has 0 radical (unpaired) electrons. The Morgan fingerprint density at radius 3 is 2.31 bits per heavy atom. The van der Waals surface area contributed by atoms with Crippen LogP contribution in [0.25, 0.3) is 0 Å². The Kier molecular flexibility index (Phi) is 11.2. The fraction of sp³-hybridized carbons (Fsp3) is 1.00. The van der Waals surface area contributed by atoms with Gasteiger partial charge in [0.15, 0.2) is 0 Å². The third-order valence-electron chi connectivity index (χ3n) is 3.71. The molecule has 16 heavy (non-hydrogen) atoms. The summed E-state index contributed by atoms with van der Waals surface area (Å²) < 4.78 is 0. The van der Waals surface area contributed by atoms with E-state index in [1.54, 1.807) is 0 Å². The topological polar surface area (TPSA) is 29.3 Å². The number of likely N-dealkylation sites (N-methyl/N-ethyl adjacent to an activating group) is 1. The Labute approximate surface area is 113 Å². The summed E-state index contributed by atoms with van der Waals surface area (Å²) >= 11 is 0. The van der Waals surface area contributed by atoms with Gasteiger partial charge in [0.25, 0.3) is 0 Å². The van der Waals surface area contributed by atoms with Gasteiger partial charge in [0.2, 0.25) is 0 Å². The second-order valence-corrected chi connectivity index (χ2v) is 4.82. The molecule has 1 saturated carbocycles. The minimum absolute atomic E-state index is 0. The number of nitrogens with zero attached hydrogens (tertiary/aromatic N) is 1. The molecule has 0 aromatic carbocycles. The molecule has 0 aromatic heterocycles. The normalized spacial score (nSPS) is 26.8. The first-order valence-corrected chi connectivity index (χ1v) is 6.14. The van der Waals surface area contributed by atoms with Gasteiger partial charge in [-0.1, -0.05) is 26.2 Å². The van der Waals surface area contributed by atoms with Crippen molar-refractivity contribution in [1.29, 1.82) is 0 Å². The SMILES string of the molecule is CCCC(C)N(C)[C@@H]1CCCC[C@H]1N.Cl.Cl. The van der Waals surface area contributed by atoms with Gasteiger partial charge >= 0.3 is 0 Å². The van der Waals surface area contributed by atoms with Crippen LogP contribution >= 0.6 is 24.8 Å². The number of rotatable bonds is 4. The summed E-state index contributed by atoms with van der Waals surface area (Å²) in [5, 5.41) is 0. The molecule has 0 spiro atoms. The van der Waals surface area contributed by atoms with Crippen LogP contribution in [-0.4, -0.2) is 30.1 Å². The van der Waals surface area contributed by atoms with Crippen LogP contribution in [0.5, 0.6) is 0 Å². The second kappa shape index (κ2) is 9.52. The molecule has 0 saturated heterocycles. The van der Waals surface area contributed by atoms with Gasteiger partial charge in [-0.3, -0.25) is 4.90 Å². The maximum Gasteiger partial charge on any atom is 0.0246 e. The fourth-order valence-corrected chi connectivity index (χ4v) is 2.59. The van der Waals surface area contributed by atoms with Crippen LogP contribution in [0.2, 0.25) is 0 Å². The summed E-state index contributed by atoms with van der Waals surface area (Å²) in [5.74, 6) is 0. The summed E-state index contributed by atoms with van der Waals surface area (Å²) in [6.07, 6.45) is 7.77. The Balaban J connectivity index is 0. The Morgan fingerprint density at radius 2 is 1.81 bits per heavy atom. The van der Waals surface area contributed by atoms with Gasteiger partial charge in [0, 0.05) is 18.1 Å². The Bertz CT molecular complexity index is 167. The molecule has 0 aliphatic heterocycles. The quantitative estimate of drug-likeness (QED) is 0.850. The largest absolute Gasteiger partial charge is 0.326 e. The van der Waals surface area contributed by atoms with Gasteiger partial charge in [-0.2, -0.15) is 0 Å². The molecular weight excluding hydrogens is 243 g/mol. The first kappa shape index (κ1) is 18.9. The molecule has 1 rings (SSSR count). The molecule has 1 aliphatic rings. The number of halogens is 2. The van der Waals surface area contributed by atoms with Crippen LogP contribution in [0.4, 0.5) is 0 Å². The summed E-state index contributed by atoms with van der Waals surface area (Å²) in [7, 11) is 2.25. The maximum absolute atomic E-state index is 6.17. The van der Waals surface area contributed by atoms with Crippen molar-refractivity contribution in [1.82, 2.24) is 4.90 Å². The molecule has 1 aliphatic carbocycles. The van der Waals surface area contributed by atoms with Crippen LogP contribution in [-0.2, 0) is 0 Å². The first-order valence-electron chi connectivity index (χ1n) is 6.14. The van der Waals surface area contributed by atoms with Gasteiger partial charge in [0.1, 0.15) is 0 Å². The molecule has 0 amide bonds. The van der Waals surface area contributed by atoms with E-state index in [-0.39, 0.29) is 24.8 Å². The molecule has 3 atom stereocenters. The van der Waals surface area contributed by atoms with E-state index < -0.39 is 0 Å². The summed E-state index contributed by atoms with van der Waals surface area (Å²) in [5.41, 5.74) is 6.17. The lowest BCUT2D eigenvalue weighted by atomic mass is 9.89. The molecule has 0 bridgehead atoms. The third-order valence-corrected chi connectivity index (χ3v) is 3.71. The number of hydrogen-bond donors (Lipinski definition) is 1. The van der Waals surface area contributed by atoms with Crippen molar-refractivity contribution in [3.63, 3.8) is 0 Å². The highest BCUT2D eigenvalue weighted by atomic mass is 35.5. The van der Waals surface area contributed by atoms with Gasteiger partial charge < -0.3 is 5.73 Å². The summed E-state index contributed by atoms with van der Waals surface area (Å²) in [6.45, 7) is 4.58. The lowest BCUT2D eigenvalue weighted by Crippen LogP contribution is -2.50. The van der Waals surface area contributed by atoms with Crippen LogP contribution in [0.1, 0.15) is 52.4 Å². The lowest BCUT2D eigenvalue weighted by Gasteiger charge is -2.39. The molecule has 1 unspecified atom stereocenters. The zero-order valence-electron chi connectivity index (χ0n) is 10.8. The average Bonchev–Trinajstić information content (AvgIpc) is 2.18.